The van der Waals surface area contributed by atoms with E-state index in [-0.39, 0.29) is 0 Å². The van der Waals surface area contributed by atoms with Crippen LogP contribution >= 0.6 is 0 Å². The first kappa shape index (κ1) is 12.8. The molecule has 104 valence electrons. The van der Waals surface area contributed by atoms with E-state index < -0.39 is 0 Å². The molecule has 1 aliphatic heterocycles. The van der Waals surface area contributed by atoms with Crippen molar-refractivity contribution < 1.29 is 0 Å². The Morgan fingerprint density at radius 3 is 2.95 bits per heavy atom. The lowest BCUT2D eigenvalue weighted by Gasteiger charge is -2.33. The molecule has 0 aromatic carbocycles. The summed E-state index contributed by atoms with van der Waals surface area (Å²) in [6, 6.07) is 0. The van der Waals surface area contributed by atoms with Gasteiger partial charge in [0.15, 0.2) is 0 Å². The maximum absolute atomic E-state index is 4.61. The summed E-state index contributed by atoms with van der Waals surface area (Å²) in [5.74, 6) is 2.15. The van der Waals surface area contributed by atoms with Crippen molar-refractivity contribution in [1.29, 1.82) is 0 Å². The molecule has 0 unspecified atom stereocenters. The average molecular weight is 270 g/mol. The zero-order valence-electron chi connectivity index (χ0n) is 11.5. The van der Waals surface area contributed by atoms with Crippen LogP contribution < -0.4 is 10.2 Å². The van der Waals surface area contributed by atoms with E-state index in [0.717, 1.165) is 43.3 Å². The minimum atomic E-state index is 0.395. The summed E-state index contributed by atoms with van der Waals surface area (Å²) in [5, 5.41) is 3.04. The fraction of sp³-hybridized carbons (Fsp3) is 0.429. The van der Waals surface area contributed by atoms with Crippen molar-refractivity contribution in [3.63, 3.8) is 0 Å². The molecule has 0 aliphatic carbocycles. The Balaban J connectivity index is 1.78. The molecule has 0 bridgehead atoms. The number of anilines is 2. The van der Waals surface area contributed by atoms with Gasteiger partial charge in [0.05, 0.1) is 18.1 Å². The van der Waals surface area contributed by atoms with Gasteiger partial charge in [-0.05, 0) is 12.8 Å². The monoisotopic (exact) mass is 270 g/mol. The first-order valence-electron chi connectivity index (χ1n) is 6.87. The normalized spacial score (nSPS) is 18.9. The summed E-state index contributed by atoms with van der Waals surface area (Å²) < 4.78 is 0. The lowest BCUT2D eigenvalue weighted by Crippen LogP contribution is -2.35. The van der Waals surface area contributed by atoms with Crippen LogP contribution in [0.5, 0.6) is 0 Å². The van der Waals surface area contributed by atoms with Gasteiger partial charge in [-0.1, -0.05) is 0 Å². The summed E-state index contributed by atoms with van der Waals surface area (Å²) in [6.45, 7) is 1.94. The molecule has 1 saturated heterocycles. The highest BCUT2D eigenvalue weighted by molar-refractivity contribution is 5.37. The van der Waals surface area contributed by atoms with E-state index in [4.69, 9.17) is 0 Å². The Labute approximate surface area is 118 Å². The fourth-order valence-corrected chi connectivity index (χ4v) is 2.58. The third-order valence-electron chi connectivity index (χ3n) is 3.62. The first-order valence-corrected chi connectivity index (χ1v) is 6.87. The molecule has 2 aromatic rings. The van der Waals surface area contributed by atoms with Gasteiger partial charge >= 0.3 is 0 Å². The summed E-state index contributed by atoms with van der Waals surface area (Å²) in [5.41, 5.74) is 1.05. The molecule has 1 aliphatic rings. The highest BCUT2D eigenvalue weighted by Crippen LogP contribution is 2.27. The maximum atomic E-state index is 4.61. The predicted octanol–water partition coefficient (Wildman–Crippen LogP) is 1.69. The minimum Gasteiger partial charge on any atom is -0.372 e. The topological polar surface area (TPSA) is 66.8 Å². The molecular formula is C14H18N6. The van der Waals surface area contributed by atoms with Crippen LogP contribution in [-0.2, 0) is 0 Å². The molecule has 6 nitrogen and oxygen atoms in total. The molecule has 3 heterocycles. The minimum absolute atomic E-state index is 0.395. The zero-order valence-corrected chi connectivity index (χ0v) is 11.5. The summed E-state index contributed by atoms with van der Waals surface area (Å²) >= 11 is 0. The molecule has 6 heteroatoms. The smallest absolute Gasteiger partial charge is 0.147 e. The Bertz CT molecular complexity index is 559. The van der Waals surface area contributed by atoms with E-state index in [0.29, 0.717) is 5.92 Å². The second-order valence-corrected chi connectivity index (χ2v) is 4.93. The molecular weight excluding hydrogens is 252 g/mol. The van der Waals surface area contributed by atoms with Crippen LogP contribution in [0.25, 0.3) is 0 Å². The van der Waals surface area contributed by atoms with Crippen LogP contribution in [0.2, 0.25) is 0 Å². The van der Waals surface area contributed by atoms with Crippen LogP contribution in [0.15, 0.2) is 31.0 Å². The summed E-state index contributed by atoms with van der Waals surface area (Å²) in [4.78, 5) is 19.7. The molecule has 0 spiro atoms. The number of hydrogen-bond acceptors (Lipinski definition) is 6. The van der Waals surface area contributed by atoms with Gasteiger partial charge < -0.3 is 10.2 Å². The van der Waals surface area contributed by atoms with Crippen molar-refractivity contribution >= 4 is 11.6 Å². The first-order chi connectivity index (χ1) is 9.86. The Hall–Kier alpha value is -2.24. The van der Waals surface area contributed by atoms with Crippen LogP contribution in [0.3, 0.4) is 0 Å². The molecule has 1 atom stereocenters. The van der Waals surface area contributed by atoms with Crippen LogP contribution in [0.1, 0.15) is 24.5 Å². The van der Waals surface area contributed by atoms with Gasteiger partial charge in [-0.25, -0.2) is 9.97 Å². The maximum Gasteiger partial charge on any atom is 0.147 e. The number of hydrogen-bond donors (Lipinski definition) is 1. The van der Waals surface area contributed by atoms with E-state index in [1.165, 1.54) is 0 Å². The number of nitrogens with one attached hydrogen (secondary N) is 1. The predicted molar refractivity (Wildman–Crippen MR) is 77.8 cm³/mol. The van der Waals surface area contributed by atoms with E-state index >= 15 is 0 Å². The van der Waals surface area contributed by atoms with Gasteiger partial charge in [-0.2, -0.15) is 0 Å². The van der Waals surface area contributed by atoms with Crippen molar-refractivity contribution in [3.05, 3.63) is 36.7 Å². The number of nitrogens with zero attached hydrogens (tertiary/aromatic N) is 5. The Morgan fingerprint density at radius 2 is 2.15 bits per heavy atom. The third-order valence-corrected chi connectivity index (χ3v) is 3.62. The average Bonchev–Trinajstić information content (AvgIpc) is 2.56. The number of aromatic nitrogens is 4. The quantitative estimate of drug-likeness (QED) is 0.915. The third kappa shape index (κ3) is 2.68. The van der Waals surface area contributed by atoms with E-state index in [1.54, 1.807) is 18.6 Å². The van der Waals surface area contributed by atoms with Gasteiger partial charge in [0.25, 0.3) is 0 Å². The van der Waals surface area contributed by atoms with Crippen molar-refractivity contribution in [2.24, 2.45) is 0 Å². The molecule has 0 saturated carbocycles. The van der Waals surface area contributed by atoms with Gasteiger partial charge in [-0.3, -0.25) is 9.97 Å². The van der Waals surface area contributed by atoms with Crippen molar-refractivity contribution in [3.8, 4) is 0 Å². The van der Waals surface area contributed by atoms with Crippen molar-refractivity contribution in [1.82, 2.24) is 19.9 Å². The lowest BCUT2D eigenvalue weighted by molar-refractivity contribution is 0.497. The van der Waals surface area contributed by atoms with Gasteiger partial charge in [0.1, 0.15) is 11.6 Å². The van der Waals surface area contributed by atoms with Gasteiger partial charge in [-0.15, -0.1) is 0 Å². The molecule has 1 N–H and O–H groups in total. The zero-order chi connectivity index (χ0) is 13.8. The molecule has 20 heavy (non-hydrogen) atoms. The second-order valence-electron chi connectivity index (χ2n) is 4.93. The molecule has 0 amide bonds. The van der Waals surface area contributed by atoms with Gasteiger partial charge in [0, 0.05) is 44.6 Å². The van der Waals surface area contributed by atoms with Crippen molar-refractivity contribution in [2.45, 2.75) is 18.8 Å². The van der Waals surface area contributed by atoms with Gasteiger partial charge in [0.2, 0.25) is 0 Å². The molecule has 3 rings (SSSR count). The van der Waals surface area contributed by atoms with Crippen LogP contribution in [0.4, 0.5) is 11.6 Å². The molecule has 1 fully saturated rings. The second kappa shape index (κ2) is 5.81. The highest BCUT2D eigenvalue weighted by Gasteiger charge is 2.23. The van der Waals surface area contributed by atoms with E-state index in [1.807, 2.05) is 19.4 Å². The van der Waals surface area contributed by atoms with Crippen LogP contribution in [-0.4, -0.2) is 40.1 Å². The summed E-state index contributed by atoms with van der Waals surface area (Å²) in [7, 11) is 1.86. The standard InChI is InChI=1S/C14H18N6/c1-15-13-8-17-7-12(19-13)11-3-2-6-20(10-11)14-9-16-4-5-18-14/h4-5,7-9,11H,2-3,6,10H2,1H3,(H,15,19)/t11-/m0/s1. The van der Waals surface area contributed by atoms with E-state index in [9.17, 15) is 0 Å². The highest BCUT2D eigenvalue weighted by atomic mass is 15.2. The number of rotatable bonds is 3. The Morgan fingerprint density at radius 1 is 1.20 bits per heavy atom. The van der Waals surface area contributed by atoms with Crippen molar-refractivity contribution in [2.75, 3.05) is 30.4 Å². The number of piperidine rings is 1. The SMILES string of the molecule is CNc1cncc([C@H]2CCCN(c3cnccn3)C2)n1. The summed E-state index contributed by atoms with van der Waals surface area (Å²) in [6.07, 6.45) is 11.1. The fourth-order valence-electron chi connectivity index (χ4n) is 2.58. The molecule has 0 radical (unpaired) electrons. The largest absolute Gasteiger partial charge is 0.372 e. The van der Waals surface area contributed by atoms with E-state index in [2.05, 4.69) is 30.2 Å². The lowest BCUT2D eigenvalue weighted by atomic mass is 9.95. The molecule has 2 aromatic heterocycles. The van der Waals surface area contributed by atoms with Crippen LogP contribution in [0, 0.1) is 0 Å². The Kier molecular flexibility index (Phi) is 3.71.